The van der Waals surface area contributed by atoms with Crippen molar-refractivity contribution in [3.8, 4) is 11.5 Å². The summed E-state index contributed by atoms with van der Waals surface area (Å²) in [5.74, 6) is -0.228. The molecular weight excluding hydrogens is 356 g/mol. The summed E-state index contributed by atoms with van der Waals surface area (Å²) < 4.78 is 33.4. The molecule has 1 heterocycles. The van der Waals surface area contributed by atoms with Gasteiger partial charge in [-0.2, -0.15) is 0 Å². The van der Waals surface area contributed by atoms with E-state index in [0.29, 0.717) is 11.5 Å². The van der Waals surface area contributed by atoms with Crippen LogP contribution in [0, 0.1) is 0 Å². The number of carbonyl (C=O) groups excluding carboxylic acids is 1. The highest BCUT2D eigenvalue weighted by atomic mass is 32.2. The molecule has 3 rings (SSSR count). The molecule has 0 amide bonds. The van der Waals surface area contributed by atoms with Crippen molar-refractivity contribution in [2.45, 2.75) is 12.4 Å². The first-order valence-corrected chi connectivity index (χ1v) is 9.78. The van der Waals surface area contributed by atoms with Gasteiger partial charge in [-0.15, -0.1) is 10.2 Å². The van der Waals surface area contributed by atoms with Crippen molar-refractivity contribution in [2.75, 3.05) is 6.26 Å². The Labute approximate surface area is 150 Å². The summed E-state index contributed by atoms with van der Waals surface area (Å²) in [5.41, 5.74) is 1.55. The lowest BCUT2D eigenvalue weighted by atomic mass is 10.1. The second-order valence-corrected chi connectivity index (χ2v) is 7.85. The number of aromatic nitrogens is 2. The average molecular weight is 372 g/mol. The van der Waals surface area contributed by atoms with Gasteiger partial charge in [-0.1, -0.05) is 30.3 Å². The number of benzene rings is 2. The fourth-order valence-corrected chi connectivity index (χ4v) is 3.10. The molecule has 0 aliphatic carbocycles. The van der Waals surface area contributed by atoms with Crippen LogP contribution in [0.25, 0.3) is 11.5 Å². The highest BCUT2D eigenvalue weighted by molar-refractivity contribution is 7.89. The predicted octanol–water partition coefficient (Wildman–Crippen LogP) is 2.64. The Morgan fingerprint density at radius 1 is 1.08 bits per heavy atom. The van der Waals surface area contributed by atoms with Crippen LogP contribution in [0.5, 0.6) is 0 Å². The van der Waals surface area contributed by atoms with E-state index < -0.39 is 15.8 Å². The van der Waals surface area contributed by atoms with Crippen LogP contribution in [0.1, 0.15) is 21.8 Å². The molecule has 0 N–H and O–H groups in total. The molecule has 1 aromatic heterocycles. The van der Waals surface area contributed by atoms with E-state index in [4.69, 9.17) is 9.15 Å². The molecule has 0 bridgehead atoms. The Balaban J connectivity index is 1.64. The van der Waals surface area contributed by atoms with Crippen molar-refractivity contribution in [1.29, 1.82) is 0 Å². The zero-order valence-corrected chi connectivity index (χ0v) is 14.8. The van der Waals surface area contributed by atoms with Crippen molar-refractivity contribution >= 4 is 15.8 Å². The van der Waals surface area contributed by atoms with Crippen LogP contribution in [0.4, 0.5) is 0 Å². The number of rotatable bonds is 6. The number of carbonyl (C=O) groups is 1. The van der Waals surface area contributed by atoms with Crippen LogP contribution in [-0.4, -0.2) is 30.8 Å². The van der Waals surface area contributed by atoms with Gasteiger partial charge >= 0.3 is 5.97 Å². The third-order valence-electron chi connectivity index (χ3n) is 3.41. The molecule has 2 aromatic carbocycles. The maximum absolute atomic E-state index is 12.2. The molecule has 3 aromatic rings. The van der Waals surface area contributed by atoms with E-state index in [-0.39, 0.29) is 23.8 Å². The first-order valence-electron chi connectivity index (χ1n) is 7.72. The summed E-state index contributed by atoms with van der Waals surface area (Å²) in [6, 6.07) is 15.5. The third kappa shape index (κ3) is 4.76. The Bertz CT molecular complexity index is 1010. The number of ether oxygens (including phenoxy) is 1. The lowest BCUT2D eigenvalue weighted by Crippen LogP contribution is -2.07. The minimum Gasteiger partial charge on any atom is -0.452 e. The van der Waals surface area contributed by atoms with Crippen molar-refractivity contribution in [1.82, 2.24) is 10.2 Å². The van der Waals surface area contributed by atoms with Gasteiger partial charge in [0.1, 0.15) is 0 Å². The molecule has 0 aliphatic heterocycles. The molecule has 0 spiro atoms. The minimum atomic E-state index is -3.18. The van der Waals surface area contributed by atoms with Crippen molar-refractivity contribution in [2.24, 2.45) is 0 Å². The van der Waals surface area contributed by atoms with Crippen molar-refractivity contribution < 1.29 is 22.4 Å². The second-order valence-electron chi connectivity index (χ2n) is 5.71. The number of esters is 1. The molecule has 0 atom stereocenters. The molecule has 0 fully saturated rings. The fourth-order valence-electron chi connectivity index (χ4n) is 2.31. The SMILES string of the molecule is CS(=O)(=O)Cc1cccc(C(=O)OCc2nnc(-c3ccccc3)o2)c1. The van der Waals surface area contributed by atoms with Gasteiger partial charge in [0.2, 0.25) is 5.89 Å². The maximum Gasteiger partial charge on any atom is 0.338 e. The molecular formula is C18H16N2O5S. The highest BCUT2D eigenvalue weighted by Crippen LogP contribution is 2.17. The lowest BCUT2D eigenvalue weighted by Gasteiger charge is -2.04. The molecule has 134 valence electrons. The molecule has 0 saturated heterocycles. The molecule has 0 saturated carbocycles. The van der Waals surface area contributed by atoms with Crippen LogP contribution in [-0.2, 0) is 26.9 Å². The van der Waals surface area contributed by atoms with E-state index in [1.807, 2.05) is 30.3 Å². The van der Waals surface area contributed by atoms with Gasteiger partial charge < -0.3 is 9.15 Å². The number of nitrogens with zero attached hydrogens (tertiary/aromatic N) is 2. The molecule has 0 radical (unpaired) electrons. The van der Waals surface area contributed by atoms with E-state index in [9.17, 15) is 13.2 Å². The summed E-state index contributed by atoms with van der Waals surface area (Å²) in [5, 5.41) is 7.77. The summed E-state index contributed by atoms with van der Waals surface area (Å²) in [6.07, 6.45) is 1.14. The first-order chi connectivity index (χ1) is 12.4. The molecule has 8 heteroatoms. The summed E-state index contributed by atoms with van der Waals surface area (Å²) in [6.45, 7) is -0.172. The molecule has 0 aliphatic rings. The largest absolute Gasteiger partial charge is 0.452 e. The number of sulfone groups is 1. The monoisotopic (exact) mass is 372 g/mol. The van der Waals surface area contributed by atoms with Crippen LogP contribution in [0.2, 0.25) is 0 Å². The zero-order valence-electron chi connectivity index (χ0n) is 14.0. The average Bonchev–Trinajstić information content (AvgIpc) is 3.08. The lowest BCUT2D eigenvalue weighted by molar-refractivity contribution is 0.0438. The molecule has 0 unspecified atom stereocenters. The van der Waals surface area contributed by atoms with Crippen LogP contribution >= 0.6 is 0 Å². The van der Waals surface area contributed by atoms with E-state index in [2.05, 4.69) is 10.2 Å². The van der Waals surface area contributed by atoms with Gasteiger partial charge in [0, 0.05) is 11.8 Å². The fraction of sp³-hybridized carbons (Fsp3) is 0.167. The zero-order chi connectivity index (χ0) is 18.6. The standard InChI is InChI=1S/C18H16N2O5S/c1-26(22,23)12-13-6-5-9-15(10-13)18(21)24-11-16-19-20-17(25-16)14-7-3-2-4-8-14/h2-10H,11-12H2,1H3. The van der Waals surface area contributed by atoms with Gasteiger partial charge in [-0.25, -0.2) is 13.2 Å². The Hall–Kier alpha value is -3.00. The number of hydrogen-bond donors (Lipinski definition) is 0. The molecule has 26 heavy (non-hydrogen) atoms. The van der Waals surface area contributed by atoms with E-state index >= 15 is 0 Å². The van der Waals surface area contributed by atoms with Gasteiger partial charge in [0.25, 0.3) is 5.89 Å². The summed E-state index contributed by atoms with van der Waals surface area (Å²) in [7, 11) is -3.18. The topological polar surface area (TPSA) is 99.4 Å². The highest BCUT2D eigenvalue weighted by Gasteiger charge is 2.13. The quantitative estimate of drug-likeness (QED) is 0.613. The first kappa shape index (κ1) is 17.8. The van der Waals surface area contributed by atoms with E-state index in [0.717, 1.165) is 11.8 Å². The van der Waals surface area contributed by atoms with E-state index in [1.165, 1.54) is 6.07 Å². The molecule has 7 nitrogen and oxygen atoms in total. The minimum absolute atomic E-state index is 0.141. The normalized spacial score (nSPS) is 11.3. The van der Waals surface area contributed by atoms with Crippen LogP contribution in [0.15, 0.2) is 59.0 Å². The summed E-state index contributed by atoms with van der Waals surface area (Å²) in [4.78, 5) is 12.2. The summed E-state index contributed by atoms with van der Waals surface area (Å²) >= 11 is 0. The smallest absolute Gasteiger partial charge is 0.338 e. The van der Waals surface area contributed by atoms with Crippen LogP contribution in [0.3, 0.4) is 0 Å². The van der Waals surface area contributed by atoms with Gasteiger partial charge in [-0.05, 0) is 29.8 Å². The second kappa shape index (κ2) is 7.49. The third-order valence-corrected chi connectivity index (χ3v) is 4.26. The Kier molecular flexibility index (Phi) is 5.13. The van der Waals surface area contributed by atoms with Crippen molar-refractivity contribution in [3.05, 3.63) is 71.6 Å². The van der Waals surface area contributed by atoms with Gasteiger partial charge in [-0.3, -0.25) is 0 Å². The Morgan fingerprint density at radius 3 is 2.58 bits per heavy atom. The van der Waals surface area contributed by atoms with Crippen molar-refractivity contribution in [3.63, 3.8) is 0 Å². The Morgan fingerprint density at radius 2 is 1.85 bits per heavy atom. The number of hydrogen-bond acceptors (Lipinski definition) is 7. The van der Waals surface area contributed by atoms with Crippen LogP contribution < -0.4 is 0 Å². The maximum atomic E-state index is 12.2. The predicted molar refractivity (Wildman–Crippen MR) is 93.8 cm³/mol. The van der Waals surface area contributed by atoms with E-state index in [1.54, 1.807) is 18.2 Å². The van der Waals surface area contributed by atoms with Gasteiger partial charge in [0.15, 0.2) is 16.4 Å². The van der Waals surface area contributed by atoms with Gasteiger partial charge in [0.05, 0.1) is 11.3 Å².